The normalized spacial score (nSPS) is 21.8. The summed E-state index contributed by atoms with van der Waals surface area (Å²) in [5.74, 6) is -0.180. The minimum absolute atomic E-state index is 0.0300. The van der Waals surface area contributed by atoms with Crippen LogP contribution in [0, 0.1) is 0 Å². The maximum Gasteiger partial charge on any atom is 0.270 e. The standard InChI is InChI=1S/C26H35BrN4O3S/c1-5-30-11-9-20(16-30)28-25(33)21-14-18-15-31(35(34)26(2,3)4)22(10-12-32)23(18)24(29-21)17-7-6-8-19(27)13-17/h6-8,13-14,20,22,32H,5,9-12,15-16H2,1-4H3,(H,28,33)/t20-,22-,35?/m1/s1. The number of aliphatic hydroxyl groups excluding tert-OH is 1. The summed E-state index contributed by atoms with van der Waals surface area (Å²) in [6.45, 7) is 11.2. The Bertz CT molecular complexity index is 1080. The Hall–Kier alpha value is -1.49. The van der Waals surface area contributed by atoms with E-state index < -0.39 is 16.1 Å². The summed E-state index contributed by atoms with van der Waals surface area (Å²) in [7, 11) is 0. The Morgan fingerprint density at radius 3 is 2.74 bits per heavy atom. The fraction of sp³-hybridized carbons (Fsp3) is 0.538. The van der Waals surface area contributed by atoms with Crippen molar-refractivity contribution in [1.82, 2.24) is 19.5 Å². The number of benzene rings is 1. The number of aliphatic hydroxyl groups is 1. The molecule has 1 amide bonds. The Morgan fingerprint density at radius 1 is 1.34 bits per heavy atom. The van der Waals surface area contributed by atoms with Crippen molar-refractivity contribution in [1.29, 1.82) is 0 Å². The van der Waals surface area contributed by atoms with Crippen molar-refractivity contribution in [2.75, 3.05) is 26.2 Å². The molecule has 4 rings (SSSR count). The lowest BCUT2D eigenvalue weighted by atomic mass is 9.96. The molecule has 0 saturated carbocycles. The van der Waals surface area contributed by atoms with Crippen LogP contribution in [0.25, 0.3) is 11.3 Å². The van der Waals surface area contributed by atoms with Crippen LogP contribution >= 0.6 is 15.9 Å². The van der Waals surface area contributed by atoms with E-state index in [0.29, 0.717) is 24.4 Å². The van der Waals surface area contributed by atoms with Gasteiger partial charge in [0.1, 0.15) is 10.4 Å². The van der Waals surface area contributed by atoms with Crippen molar-refractivity contribution in [3.63, 3.8) is 0 Å². The molecular weight excluding hydrogens is 528 g/mol. The number of hydrogen-bond donors (Lipinski definition) is 2. The van der Waals surface area contributed by atoms with E-state index in [1.54, 1.807) is 0 Å². The van der Waals surface area contributed by atoms with Gasteiger partial charge in [0.15, 0.2) is 0 Å². The van der Waals surface area contributed by atoms with Crippen LogP contribution in [0.15, 0.2) is 34.8 Å². The molecule has 3 heterocycles. The van der Waals surface area contributed by atoms with Crippen LogP contribution in [0.5, 0.6) is 0 Å². The second-order valence-electron chi connectivity index (χ2n) is 10.3. The molecule has 2 N–H and O–H groups in total. The molecule has 1 unspecified atom stereocenters. The molecule has 1 aromatic heterocycles. The zero-order chi connectivity index (χ0) is 25.3. The van der Waals surface area contributed by atoms with Gasteiger partial charge in [-0.2, -0.15) is 0 Å². The zero-order valence-electron chi connectivity index (χ0n) is 20.9. The van der Waals surface area contributed by atoms with E-state index in [0.717, 1.165) is 47.2 Å². The summed E-state index contributed by atoms with van der Waals surface area (Å²) in [5.41, 5.74) is 3.86. The molecule has 0 spiro atoms. The average Bonchev–Trinajstić information content (AvgIpc) is 3.42. The molecule has 1 saturated heterocycles. The summed E-state index contributed by atoms with van der Waals surface area (Å²) in [4.78, 5) is 20.5. The van der Waals surface area contributed by atoms with Crippen molar-refractivity contribution in [2.24, 2.45) is 0 Å². The first-order chi connectivity index (χ1) is 16.6. The largest absolute Gasteiger partial charge is 0.597 e. The first kappa shape index (κ1) is 26.6. The fourth-order valence-corrected chi connectivity index (χ4v) is 6.74. The molecule has 0 bridgehead atoms. The second-order valence-corrected chi connectivity index (χ2v) is 13.4. The van der Waals surface area contributed by atoms with Gasteiger partial charge in [0, 0.05) is 52.7 Å². The third kappa shape index (κ3) is 5.76. The van der Waals surface area contributed by atoms with Crippen LogP contribution in [0.2, 0.25) is 0 Å². The Morgan fingerprint density at radius 2 is 2.11 bits per heavy atom. The number of carbonyl (C=O) groups is 1. The number of fused-ring (bicyclic) bond motifs is 1. The molecular formula is C26H35BrN4O3S. The number of aromatic nitrogens is 1. The summed E-state index contributed by atoms with van der Waals surface area (Å²) >= 11 is 2.27. The van der Waals surface area contributed by atoms with Gasteiger partial charge in [0.25, 0.3) is 5.91 Å². The summed E-state index contributed by atoms with van der Waals surface area (Å²) in [6.07, 6.45) is 1.37. The predicted molar refractivity (Wildman–Crippen MR) is 143 cm³/mol. The molecule has 35 heavy (non-hydrogen) atoms. The Kier molecular flexibility index (Phi) is 8.25. The molecule has 1 fully saturated rings. The second kappa shape index (κ2) is 10.9. The van der Waals surface area contributed by atoms with Gasteiger partial charge in [0.05, 0.1) is 18.3 Å². The van der Waals surface area contributed by atoms with E-state index in [1.807, 2.05) is 55.4 Å². The molecule has 9 heteroatoms. The number of nitrogens with zero attached hydrogens (tertiary/aromatic N) is 3. The highest BCUT2D eigenvalue weighted by Gasteiger charge is 2.45. The minimum atomic E-state index is -1.29. The van der Waals surface area contributed by atoms with E-state index in [4.69, 9.17) is 4.98 Å². The van der Waals surface area contributed by atoms with Crippen LogP contribution in [0.3, 0.4) is 0 Å². The number of carbonyl (C=O) groups excluding carboxylic acids is 1. The van der Waals surface area contributed by atoms with Crippen molar-refractivity contribution in [3.05, 3.63) is 51.6 Å². The summed E-state index contributed by atoms with van der Waals surface area (Å²) < 4.78 is 15.9. The lowest BCUT2D eigenvalue weighted by molar-refractivity contribution is 0.0933. The number of hydrogen-bond acceptors (Lipinski definition) is 6. The molecule has 2 aliphatic rings. The Labute approximate surface area is 219 Å². The molecule has 0 radical (unpaired) electrons. The highest BCUT2D eigenvalue weighted by atomic mass is 79.9. The number of halogens is 1. The van der Waals surface area contributed by atoms with Gasteiger partial charge in [-0.3, -0.25) is 4.79 Å². The summed E-state index contributed by atoms with van der Waals surface area (Å²) in [5, 5.41) is 13.1. The first-order valence-corrected chi connectivity index (χ1v) is 14.1. The maximum atomic E-state index is 13.5. The average molecular weight is 564 g/mol. The third-order valence-corrected chi connectivity index (χ3v) is 9.03. The molecule has 7 nitrogen and oxygen atoms in total. The molecule has 2 aliphatic heterocycles. The van der Waals surface area contributed by atoms with Gasteiger partial charge >= 0.3 is 0 Å². The van der Waals surface area contributed by atoms with Crippen molar-refractivity contribution in [2.45, 2.75) is 63.9 Å². The molecule has 2 aromatic rings. The molecule has 0 aliphatic carbocycles. The van der Waals surface area contributed by atoms with E-state index >= 15 is 0 Å². The highest BCUT2D eigenvalue weighted by Crippen LogP contribution is 2.45. The van der Waals surface area contributed by atoms with Crippen LogP contribution < -0.4 is 5.32 Å². The van der Waals surface area contributed by atoms with Gasteiger partial charge in [-0.05, 0) is 63.9 Å². The van der Waals surface area contributed by atoms with Crippen LogP contribution in [-0.4, -0.2) is 66.8 Å². The van der Waals surface area contributed by atoms with Gasteiger partial charge in [-0.15, -0.1) is 4.31 Å². The fourth-order valence-electron chi connectivity index (χ4n) is 4.94. The smallest absolute Gasteiger partial charge is 0.270 e. The van der Waals surface area contributed by atoms with Crippen LogP contribution in [-0.2, 0) is 17.9 Å². The van der Waals surface area contributed by atoms with Gasteiger partial charge in [-0.1, -0.05) is 35.0 Å². The zero-order valence-corrected chi connectivity index (χ0v) is 23.3. The van der Waals surface area contributed by atoms with Crippen molar-refractivity contribution >= 4 is 33.2 Å². The molecule has 1 aromatic carbocycles. The number of amides is 1. The maximum absolute atomic E-state index is 13.5. The lowest BCUT2D eigenvalue weighted by Crippen LogP contribution is -2.42. The van der Waals surface area contributed by atoms with E-state index in [2.05, 4.69) is 33.1 Å². The quantitative estimate of drug-likeness (QED) is 0.495. The minimum Gasteiger partial charge on any atom is -0.597 e. The number of nitrogens with one attached hydrogen (secondary N) is 1. The van der Waals surface area contributed by atoms with Gasteiger partial charge in [-0.25, -0.2) is 4.98 Å². The monoisotopic (exact) mass is 562 g/mol. The Balaban J connectivity index is 1.76. The van der Waals surface area contributed by atoms with E-state index in [-0.39, 0.29) is 24.6 Å². The molecule has 190 valence electrons. The van der Waals surface area contributed by atoms with E-state index in [1.165, 1.54) is 0 Å². The number of rotatable bonds is 7. The number of pyridine rings is 1. The van der Waals surface area contributed by atoms with Gasteiger partial charge < -0.3 is 19.9 Å². The van der Waals surface area contributed by atoms with Crippen LogP contribution in [0.1, 0.15) is 68.2 Å². The van der Waals surface area contributed by atoms with Crippen molar-refractivity contribution in [3.8, 4) is 11.3 Å². The topological polar surface area (TPSA) is 91.8 Å². The van der Waals surface area contributed by atoms with E-state index in [9.17, 15) is 14.5 Å². The van der Waals surface area contributed by atoms with Gasteiger partial charge in [0.2, 0.25) is 0 Å². The predicted octanol–water partition coefficient (Wildman–Crippen LogP) is 4.04. The van der Waals surface area contributed by atoms with Crippen molar-refractivity contribution < 1.29 is 14.5 Å². The summed E-state index contributed by atoms with van der Waals surface area (Å²) in [6, 6.07) is 9.57. The SMILES string of the molecule is CCN1CC[C@@H](NC(=O)c2cc3c(c(-c4cccc(Br)c4)n2)[C@@H](CCO)N([S+]([O-])C(C)(C)C)C3)C1. The number of likely N-dealkylation sites (N-methyl/N-ethyl adjacent to an activating group) is 1. The lowest BCUT2D eigenvalue weighted by Gasteiger charge is -2.33. The van der Waals surface area contributed by atoms with Crippen LogP contribution in [0.4, 0.5) is 0 Å². The third-order valence-electron chi connectivity index (χ3n) is 6.68. The number of likely N-dealkylation sites (tertiary alicyclic amines) is 1. The highest BCUT2D eigenvalue weighted by molar-refractivity contribution is 9.10. The molecule has 3 atom stereocenters. The first-order valence-electron chi connectivity index (χ1n) is 12.2.